The van der Waals surface area contributed by atoms with Crippen LogP contribution in [0.1, 0.15) is 19.3 Å². The molecule has 1 aromatic rings. The van der Waals surface area contributed by atoms with Gasteiger partial charge in [-0.3, -0.25) is 15.0 Å². The van der Waals surface area contributed by atoms with E-state index < -0.39 is 0 Å². The van der Waals surface area contributed by atoms with Crippen LogP contribution in [-0.2, 0) is 14.3 Å². The molecule has 0 aliphatic heterocycles. The Labute approximate surface area is 124 Å². The largest absolute Gasteiger partial charge is 0.469 e. The van der Waals surface area contributed by atoms with Crippen LogP contribution in [0.3, 0.4) is 0 Å². The highest BCUT2D eigenvalue weighted by Crippen LogP contribution is 2.06. The van der Waals surface area contributed by atoms with Crippen LogP contribution in [0.5, 0.6) is 0 Å². The highest BCUT2D eigenvalue weighted by molar-refractivity contribution is 6.38. The summed E-state index contributed by atoms with van der Waals surface area (Å²) in [5.41, 5.74) is 3.66. The van der Waals surface area contributed by atoms with E-state index in [9.17, 15) is 9.59 Å². The highest BCUT2D eigenvalue weighted by Gasteiger charge is 2.14. The molecule has 0 aliphatic rings. The summed E-state index contributed by atoms with van der Waals surface area (Å²) in [6.45, 7) is 0. The number of anilines is 1. The number of hydrogen-bond acceptors (Lipinski definition) is 5. The van der Waals surface area contributed by atoms with Crippen molar-refractivity contribution in [3.8, 4) is 0 Å². The molecule has 0 spiro atoms. The van der Waals surface area contributed by atoms with Crippen molar-refractivity contribution < 1.29 is 14.3 Å². The van der Waals surface area contributed by atoms with E-state index in [-0.39, 0.29) is 24.6 Å². The molecule has 0 amide bonds. The fourth-order valence-corrected chi connectivity index (χ4v) is 1.65. The van der Waals surface area contributed by atoms with Crippen molar-refractivity contribution in [1.82, 2.24) is 4.90 Å². The summed E-state index contributed by atoms with van der Waals surface area (Å²) >= 11 is 0. The van der Waals surface area contributed by atoms with E-state index in [4.69, 9.17) is 0 Å². The Kier molecular flexibility index (Phi) is 6.94. The number of ketones is 1. The lowest BCUT2D eigenvalue weighted by molar-refractivity contribution is -0.140. The Morgan fingerprint density at radius 2 is 1.86 bits per heavy atom. The Hall–Kier alpha value is -2.37. The van der Waals surface area contributed by atoms with Crippen LogP contribution in [0.15, 0.2) is 35.4 Å². The molecule has 0 aliphatic carbocycles. The second kappa shape index (κ2) is 8.73. The third-order valence-electron chi connectivity index (χ3n) is 2.75. The van der Waals surface area contributed by atoms with E-state index >= 15 is 0 Å². The van der Waals surface area contributed by atoms with Gasteiger partial charge >= 0.3 is 5.97 Å². The van der Waals surface area contributed by atoms with E-state index in [2.05, 4.69) is 15.3 Å². The van der Waals surface area contributed by atoms with Gasteiger partial charge in [0, 0.05) is 26.9 Å². The molecule has 1 N–H and O–H groups in total. The molecular weight excluding hydrogens is 270 g/mol. The zero-order chi connectivity index (χ0) is 15.7. The normalized spacial score (nSPS) is 10.9. The summed E-state index contributed by atoms with van der Waals surface area (Å²) in [6.07, 6.45) is 0.932. The number of hydrogen-bond donors (Lipinski definition) is 1. The Morgan fingerprint density at radius 3 is 2.43 bits per heavy atom. The fraction of sp³-hybridized carbons (Fsp3) is 0.400. The molecule has 0 heterocycles. The number of para-hydroxylation sites is 1. The number of amidine groups is 1. The van der Waals surface area contributed by atoms with Crippen molar-refractivity contribution in [1.29, 1.82) is 0 Å². The molecule has 114 valence electrons. The van der Waals surface area contributed by atoms with Crippen LogP contribution in [0, 0.1) is 0 Å². The number of nitrogens with one attached hydrogen (secondary N) is 1. The summed E-state index contributed by atoms with van der Waals surface area (Å²) in [5.74, 6) is -0.107. The summed E-state index contributed by atoms with van der Waals surface area (Å²) < 4.78 is 4.54. The zero-order valence-corrected chi connectivity index (χ0v) is 12.6. The maximum Gasteiger partial charge on any atom is 0.305 e. The summed E-state index contributed by atoms with van der Waals surface area (Å²) in [5, 5.41) is 4.14. The quantitative estimate of drug-likeness (QED) is 0.359. The molecule has 6 nitrogen and oxygen atoms in total. The van der Waals surface area contributed by atoms with E-state index in [1.54, 1.807) is 19.0 Å². The molecule has 0 unspecified atom stereocenters. The van der Waals surface area contributed by atoms with Gasteiger partial charge in [-0.2, -0.15) is 5.10 Å². The number of ether oxygens (including phenoxy) is 1. The van der Waals surface area contributed by atoms with Crippen LogP contribution in [0.4, 0.5) is 5.69 Å². The fourth-order valence-electron chi connectivity index (χ4n) is 1.65. The minimum Gasteiger partial charge on any atom is -0.469 e. The number of carbonyl (C=O) groups is 2. The molecule has 0 saturated carbocycles. The average Bonchev–Trinajstić information content (AvgIpc) is 2.48. The SMILES string of the molecule is COC(=O)CCCC(=O)/C(=N\Nc1ccccc1)N(C)C. The van der Waals surface area contributed by atoms with E-state index in [0.29, 0.717) is 12.3 Å². The van der Waals surface area contributed by atoms with Crippen LogP contribution in [0.25, 0.3) is 0 Å². The van der Waals surface area contributed by atoms with Crippen LogP contribution in [-0.4, -0.2) is 43.7 Å². The average molecular weight is 291 g/mol. The number of Topliss-reactive ketones (excluding diaryl/α,β-unsaturated/α-hetero) is 1. The van der Waals surface area contributed by atoms with Gasteiger partial charge in [-0.05, 0) is 18.6 Å². The minimum absolute atomic E-state index is 0.118. The zero-order valence-electron chi connectivity index (χ0n) is 12.6. The van der Waals surface area contributed by atoms with E-state index in [1.165, 1.54) is 7.11 Å². The van der Waals surface area contributed by atoms with Gasteiger partial charge in [-0.25, -0.2) is 0 Å². The number of benzene rings is 1. The Morgan fingerprint density at radius 1 is 1.19 bits per heavy atom. The molecule has 1 rings (SSSR count). The van der Waals surface area contributed by atoms with Gasteiger partial charge in [0.05, 0.1) is 12.8 Å². The Bertz CT molecular complexity index is 498. The van der Waals surface area contributed by atoms with Crippen molar-refractivity contribution in [3.05, 3.63) is 30.3 Å². The summed E-state index contributed by atoms with van der Waals surface area (Å²) in [7, 11) is 4.84. The number of rotatable bonds is 7. The topological polar surface area (TPSA) is 71.0 Å². The molecule has 1 aromatic carbocycles. The maximum atomic E-state index is 12.1. The van der Waals surface area contributed by atoms with E-state index in [1.807, 2.05) is 30.3 Å². The first-order valence-corrected chi connectivity index (χ1v) is 6.70. The highest BCUT2D eigenvalue weighted by atomic mass is 16.5. The van der Waals surface area contributed by atoms with Gasteiger partial charge in [-0.1, -0.05) is 18.2 Å². The second-order valence-corrected chi connectivity index (χ2v) is 4.66. The van der Waals surface area contributed by atoms with Gasteiger partial charge in [0.2, 0.25) is 0 Å². The summed E-state index contributed by atoms with van der Waals surface area (Å²) in [6, 6.07) is 9.38. The lowest BCUT2D eigenvalue weighted by atomic mass is 10.1. The number of methoxy groups -OCH3 is 1. The minimum atomic E-state index is -0.312. The second-order valence-electron chi connectivity index (χ2n) is 4.66. The lowest BCUT2D eigenvalue weighted by Crippen LogP contribution is -2.31. The van der Waals surface area contributed by atoms with Crippen molar-refractivity contribution >= 4 is 23.3 Å². The smallest absolute Gasteiger partial charge is 0.305 e. The number of nitrogens with zero attached hydrogens (tertiary/aromatic N) is 2. The van der Waals surface area contributed by atoms with Crippen molar-refractivity contribution in [2.24, 2.45) is 5.10 Å². The van der Waals surface area contributed by atoms with E-state index in [0.717, 1.165) is 5.69 Å². The first-order chi connectivity index (χ1) is 10.0. The maximum absolute atomic E-state index is 12.1. The molecule has 0 atom stereocenters. The molecule has 0 radical (unpaired) electrons. The van der Waals surface area contributed by atoms with Crippen LogP contribution in [0.2, 0.25) is 0 Å². The summed E-state index contributed by atoms with van der Waals surface area (Å²) in [4.78, 5) is 24.8. The molecule has 0 bridgehead atoms. The Balaban J connectivity index is 2.59. The third-order valence-corrected chi connectivity index (χ3v) is 2.75. The predicted molar refractivity (Wildman–Crippen MR) is 82.1 cm³/mol. The molecule has 21 heavy (non-hydrogen) atoms. The van der Waals surface area contributed by atoms with Crippen LogP contribution >= 0.6 is 0 Å². The molecule has 0 aromatic heterocycles. The monoisotopic (exact) mass is 291 g/mol. The first-order valence-electron chi connectivity index (χ1n) is 6.70. The van der Waals surface area contributed by atoms with Crippen molar-refractivity contribution in [3.63, 3.8) is 0 Å². The third kappa shape index (κ3) is 6.07. The standard InChI is InChI=1S/C15H21N3O3/c1-18(2)15(13(19)10-7-11-14(20)21-3)17-16-12-8-5-4-6-9-12/h4-6,8-9,16H,7,10-11H2,1-3H3/b17-15+. The molecule has 6 heteroatoms. The number of likely N-dealkylation sites (N-methyl/N-ethyl adjacent to an activating group) is 1. The van der Waals surface area contributed by atoms with Gasteiger partial charge in [0.25, 0.3) is 0 Å². The van der Waals surface area contributed by atoms with Gasteiger partial charge in [-0.15, -0.1) is 0 Å². The predicted octanol–water partition coefficient (Wildman–Crippen LogP) is 1.89. The van der Waals surface area contributed by atoms with Gasteiger partial charge in [0.15, 0.2) is 11.6 Å². The number of carbonyl (C=O) groups excluding carboxylic acids is 2. The first kappa shape index (κ1) is 16.7. The number of hydrazone groups is 1. The van der Waals surface area contributed by atoms with Crippen molar-refractivity contribution in [2.75, 3.05) is 26.6 Å². The number of esters is 1. The lowest BCUT2D eigenvalue weighted by Gasteiger charge is -2.14. The van der Waals surface area contributed by atoms with Crippen LogP contribution < -0.4 is 5.43 Å². The van der Waals surface area contributed by atoms with Gasteiger partial charge < -0.3 is 9.64 Å². The molecule has 0 fully saturated rings. The van der Waals surface area contributed by atoms with Crippen molar-refractivity contribution in [2.45, 2.75) is 19.3 Å². The van der Waals surface area contributed by atoms with Gasteiger partial charge in [0.1, 0.15) is 0 Å². The molecule has 0 saturated heterocycles. The molecular formula is C15H21N3O3.